The molecule has 23 heavy (non-hydrogen) atoms. The van der Waals surface area contributed by atoms with E-state index >= 15 is 0 Å². The molecule has 0 aliphatic heterocycles. The molecule has 0 radical (unpaired) electrons. The van der Waals surface area contributed by atoms with Gasteiger partial charge in [0.05, 0.1) is 12.0 Å². The van der Waals surface area contributed by atoms with Crippen LogP contribution in [0.4, 0.5) is 0 Å². The van der Waals surface area contributed by atoms with Crippen molar-refractivity contribution in [2.45, 2.75) is 43.8 Å². The van der Waals surface area contributed by atoms with Crippen molar-refractivity contribution in [3.63, 3.8) is 0 Å². The van der Waals surface area contributed by atoms with Crippen LogP contribution in [0.5, 0.6) is 0 Å². The first kappa shape index (κ1) is 16.0. The zero-order valence-electron chi connectivity index (χ0n) is 13.2. The number of nitrogens with zero attached hydrogens (tertiary/aromatic N) is 3. The van der Waals surface area contributed by atoms with Gasteiger partial charge in [0.15, 0.2) is 5.16 Å². The molecule has 1 fully saturated rings. The van der Waals surface area contributed by atoms with Crippen molar-refractivity contribution in [1.82, 2.24) is 14.5 Å². The first-order valence-electron chi connectivity index (χ1n) is 7.78. The third-order valence-electron chi connectivity index (χ3n) is 4.14. The molecule has 1 aliphatic carbocycles. The second-order valence-corrected chi connectivity index (χ2v) is 6.31. The molecular weight excluding hydrogens is 314 g/mol. The first-order chi connectivity index (χ1) is 11.2. The minimum atomic E-state index is -0.583. The Labute approximate surface area is 138 Å². The Kier molecular flexibility index (Phi) is 4.66. The molecule has 0 amide bonds. The van der Waals surface area contributed by atoms with E-state index in [-0.39, 0.29) is 23.6 Å². The largest absolute Gasteiger partial charge is 0.462 e. The second-order valence-electron chi connectivity index (χ2n) is 5.53. The predicted octanol–water partition coefficient (Wildman–Crippen LogP) is 2.81. The number of hydrogen-bond donors (Lipinski definition) is 0. The number of thioether (sulfide) groups is 1. The van der Waals surface area contributed by atoms with Crippen molar-refractivity contribution in [2.75, 3.05) is 12.9 Å². The molecule has 1 saturated carbocycles. The van der Waals surface area contributed by atoms with Gasteiger partial charge in [-0.3, -0.25) is 4.79 Å². The highest BCUT2D eigenvalue weighted by molar-refractivity contribution is 7.98. The van der Waals surface area contributed by atoms with Crippen molar-refractivity contribution < 1.29 is 9.53 Å². The Morgan fingerprint density at radius 3 is 2.83 bits per heavy atom. The lowest BCUT2D eigenvalue weighted by molar-refractivity contribution is 0.0524. The van der Waals surface area contributed by atoms with E-state index in [2.05, 4.69) is 9.97 Å². The molecule has 2 aromatic rings. The number of carbonyl (C=O) groups excluding carboxylic acids is 1. The average molecular weight is 333 g/mol. The highest BCUT2D eigenvalue weighted by atomic mass is 32.2. The maximum Gasteiger partial charge on any atom is 0.343 e. The lowest BCUT2D eigenvalue weighted by Crippen LogP contribution is -2.23. The SMILES string of the molecule is CCOC(=O)c1cn(C2CCCC2)c2nc(SC)ncc2c1=O. The van der Waals surface area contributed by atoms with E-state index in [1.807, 2.05) is 10.8 Å². The predicted molar refractivity (Wildman–Crippen MR) is 89.0 cm³/mol. The van der Waals surface area contributed by atoms with Crippen LogP contribution in [0.25, 0.3) is 11.0 Å². The quantitative estimate of drug-likeness (QED) is 0.486. The Morgan fingerprint density at radius 1 is 1.43 bits per heavy atom. The second kappa shape index (κ2) is 6.70. The van der Waals surface area contributed by atoms with E-state index in [4.69, 9.17) is 4.74 Å². The molecule has 1 aliphatic rings. The number of rotatable bonds is 4. The number of aromatic nitrogens is 3. The van der Waals surface area contributed by atoms with Gasteiger partial charge in [0.2, 0.25) is 5.43 Å². The van der Waals surface area contributed by atoms with E-state index in [1.54, 1.807) is 13.1 Å². The number of hydrogen-bond acceptors (Lipinski definition) is 6. The van der Waals surface area contributed by atoms with E-state index < -0.39 is 5.97 Å². The molecule has 7 heteroatoms. The summed E-state index contributed by atoms with van der Waals surface area (Å²) in [7, 11) is 0. The molecule has 0 bridgehead atoms. The van der Waals surface area contributed by atoms with Crippen LogP contribution in [0, 0.1) is 0 Å². The van der Waals surface area contributed by atoms with Crippen LogP contribution >= 0.6 is 11.8 Å². The summed E-state index contributed by atoms with van der Waals surface area (Å²) in [6.07, 6.45) is 9.38. The van der Waals surface area contributed by atoms with Crippen LogP contribution in [-0.2, 0) is 4.74 Å². The van der Waals surface area contributed by atoms with Crippen molar-refractivity contribution in [3.05, 3.63) is 28.2 Å². The summed E-state index contributed by atoms with van der Waals surface area (Å²) in [5.74, 6) is -0.583. The normalized spacial score (nSPS) is 15.2. The van der Waals surface area contributed by atoms with Crippen LogP contribution in [0.1, 0.15) is 49.0 Å². The third-order valence-corrected chi connectivity index (χ3v) is 4.71. The fourth-order valence-electron chi connectivity index (χ4n) is 3.03. The van der Waals surface area contributed by atoms with Crippen molar-refractivity contribution in [2.24, 2.45) is 0 Å². The third kappa shape index (κ3) is 2.97. The summed E-state index contributed by atoms with van der Waals surface area (Å²) in [5.41, 5.74) is 0.307. The number of fused-ring (bicyclic) bond motifs is 1. The van der Waals surface area contributed by atoms with Gasteiger partial charge in [-0.15, -0.1) is 0 Å². The number of esters is 1. The molecule has 2 aromatic heterocycles. The molecule has 0 atom stereocenters. The molecule has 122 valence electrons. The summed E-state index contributed by atoms with van der Waals surface area (Å²) in [6.45, 7) is 1.96. The highest BCUT2D eigenvalue weighted by Gasteiger charge is 2.23. The van der Waals surface area contributed by atoms with Crippen LogP contribution in [0.15, 0.2) is 22.3 Å². The molecule has 0 spiro atoms. The van der Waals surface area contributed by atoms with Crippen LogP contribution in [-0.4, -0.2) is 33.4 Å². The molecule has 2 heterocycles. The fraction of sp³-hybridized carbons (Fsp3) is 0.500. The van der Waals surface area contributed by atoms with Crippen molar-refractivity contribution in [3.8, 4) is 0 Å². The molecular formula is C16H19N3O3S. The average Bonchev–Trinajstić information content (AvgIpc) is 3.09. The van der Waals surface area contributed by atoms with Crippen molar-refractivity contribution >= 4 is 28.8 Å². The number of pyridine rings is 1. The van der Waals surface area contributed by atoms with Gasteiger partial charge in [-0.25, -0.2) is 14.8 Å². The number of ether oxygens (including phenoxy) is 1. The van der Waals surface area contributed by atoms with Crippen molar-refractivity contribution in [1.29, 1.82) is 0 Å². The Hall–Kier alpha value is -1.89. The van der Waals surface area contributed by atoms with E-state index in [9.17, 15) is 9.59 Å². The Morgan fingerprint density at radius 2 is 2.17 bits per heavy atom. The molecule has 0 aromatic carbocycles. The lowest BCUT2D eigenvalue weighted by Gasteiger charge is -2.18. The summed E-state index contributed by atoms with van der Waals surface area (Å²) in [5, 5.41) is 0.993. The molecule has 3 rings (SSSR count). The van der Waals surface area contributed by atoms with Gasteiger partial charge in [-0.1, -0.05) is 24.6 Å². The number of carbonyl (C=O) groups is 1. The topological polar surface area (TPSA) is 74.1 Å². The van der Waals surface area contributed by atoms with E-state index in [0.29, 0.717) is 16.2 Å². The van der Waals surface area contributed by atoms with Crippen LogP contribution < -0.4 is 5.43 Å². The summed E-state index contributed by atoms with van der Waals surface area (Å²) < 4.78 is 6.99. The molecule has 0 unspecified atom stereocenters. The minimum Gasteiger partial charge on any atom is -0.462 e. The maximum absolute atomic E-state index is 12.6. The van der Waals surface area contributed by atoms with E-state index in [0.717, 1.165) is 25.7 Å². The Bertz CT molecular complexity index is 797. The van der Waals surface area contributed by atoms with Gasteiger partial charge in [0, 0.05) is 18.4 Å². The van der Waals surface area contributed by atoms with Gasteiger partial charge in [0.25, 0.3) is 0 Å². The molecule has 6 nitrogen and oxygen atoms in total. The van der Waals surface area contributed by atoms with Gasteiger partial charge in [0.1, 0.15) is 11.2 Å². The smallest absolute Gasteiger partial charge is 0.343 e. The van der Waals surface area contributed by atoms with Gasteiger partial charge >= 0.3 is 5.97 Å². The zero-order valence-corrected chi connectivity index (χ0v) is 14.1. The highest BCUT2D eigenvalue weighted by Crippen LogP contribution is 2.31. The van der Waals surface area contributed by atoms with Crippen LogP contribution in [0.2, 0.25) is 0 Å². The summed E-state index contributed by atoms with van der Waals surface area (Å²) >= 11 is 1.43. The fourth-order valence-corrected chi connectivity index (χ4v) is 3.37. The standard InChI is InChI=1S/C16H19N3O3S/c1-3-22-15(21)12-9-19(10-6-4-5-7-10)14-11(13(12)20)8-17-16(18-14)23-2/h8-10H,3-7H2,1-2H3. The molecule has 0 N–H and O–H groups in total. The van der Waals surface area contributed by atoms with Gasteiger partial charge in [-0.05, 0) is 26.0 Å². The first-order valence-corrected chi connectivity index (χ1v) is 9.01. The van der Waals surface area contributed by atoms with Crippen LogP contribution in [0.3, 0.4) is 0 Å². The minimum absolute atomic E-state index is 0.0618. The Balaban J connectivity index is 2.25. The van der Waals surface area contributed by atoms with Gasteiger partial charge < -0.3 is 9.30 Å². The summed E-state index contributed by atoms with van der Waals surface area (Å²) in [6, 6.07) is 0.260. The monoisotopic (exact) mass is 333 g/mol. The summed E-state index contributed by atoms with van der Waals surface area (Å²) in [4.78, 5) is 33.4. The molecule has 0 saturated heterocycles. The van der Waals surface area contributed by atoms with E-state index in [1.165, 1.54) is 18.0 Å². The van der Waals surface area contributed by atoms with Gasteiger partial charge in [-0.2, -0.15) is 0 Å². The lowest BCUT2D eigenvalue weighted by atomic mass is 10.1. The zero-order chi connectivity index (χ0) is 16.4. The maximum atomic E-state index is 12.6.